The monoisotopic (exact) mass is 325 g/mol. The molecule has 2 aromatic rings. The molecule has 1 aliphatic rings. The number of anilines is 1. The van der Waals surface area contributed by atoms with Gasteiger partial charge in [0.15, 0.2) is 5.82 Å². The van der Waals surface area contributed by atoms with E-state index in [9.17, 15) is 15.5 Å². The lowest BCUT2D eigenvalue weighted by Crippen LogP contribution is -2.26. The Morgan fingerprint density at radius 2 is 1.83 bits per heavy atom. The number of phenolic OH excluding ortho intramolecular Hbond substituents is 2. The van der Waals surface area contributed by atoms with Crippen molar-refractivity contribution in [2.24, 2.45) is 5.73 Å². The van der Waals surface area contributed by atoms with Crippen LogP contribution in [0, 0.1) is 11.3 Å². The third kappa shape index (κ3) is 2.96. The van der Waals surface area contributed by atoms with Gasteiger partial charge in [-0.1, -0.05) is 0 Å². The molecule has 0 bridgehead atoms. The normalized spacial score (nSPS) is 20.5. The number of nitriles is 1. The fourth-order valence-electron chi connectivity index (χ4n) is 3.12. The molecule has 0 unspecified atom stereocenters. The van der Waals surface area contributed by atoms with Crippen molar-refractivity contribution >= 4 is 5.82 Å². The van der Waals surface area contributed by atoms with Gasteiger partial charge in [0.25, 0.3) is 0 Å². The highest BCUT2D eigenvalue weighted by Crippen LogP contribution is 2.37. The molecule has 0 saturated heterocycles. The average Bonchev–Trinajstić information content (AvgIpc) is 2.57. The Morgan fingerprint density at radius 1 is 1.12 bits per heavy atom. The van der Waals surface area contributed by atoms with Crippen LogP contribution in [-0.4, -0.2) is 26.2 Å². The number of hydrogen-bond acceptors (Lipinski definition) is 7. The van der Waals surface area contributed by atoms with Gasteiger partial charge in [0.1, 0.15) is 28.9 Å². The molecule has 1 saturated carbocycles. The highest BCUT2D eigenvalue weighted by Gasteiger charge is 2.26. The molecule has 0 aliphatic heterocycles. The molecule has 3 rings (SSSR count). The van der Waals surface area contributed by atoms with E-state index >= 15 is 0 Å². The molecule has 7 nitrogen and oxygen atoms in total. The van der Waals surface area contributed by atoms with Crippen molar-refractivity contribution in [2.45, 2.75) is 37.6 Å². The van der Waals surface area contributed by atoms with Crippen molar-refractivity contribution in [1.82, 2.24) is 9.97 Å². The van der Waals surface area contributed by atoms with Gasteiger partial charge in [-0.3, -0.25) is 0 Å². The van der Waals surface area contributed by atoms with Crippen LogP contribution in [0.25, 0.3) is 11.4 Å². The first-order valence-corrected chi connectivity index (χ1v) is 7.85. The van der Waals surface area contributed by atoms with Gasteiger partial charge in [-0.25, -0.2) is 9.97 Å². The summed E-state index contributed by atoms with van der Waals surface area (Å²) in [6.07, 6.45) is 3.40. The summed E-state index contributed by atoms with van der Waals surface area (Å²) in [5, 5.41) is 29.1. The maximum atomic E-state index is 10.0. The molecule has 1 aliphatic carbocycles. The highest BCUT2D eigenvalue weighted by atomic mass is 16.3. The van der Waals surface area contributed by atoms with Gasteiger partial charge < -0.3 is 21.7 Å². The second-order valence-corrected chi connectivity index (χ2v) is 6.12. The first kappa shape index (κ1) is 16.0. The van der Waals surface area contributed by atoms with E-state index in [1.807, 2.05) is 0 Å². The van der Waals surface area contributed by atoms with Crippen molar-refractivity contribution in [3.63, 3.8) is 0 Å². The number of phenols is 2. The van der Waals surface area contributed by atoms with E-state index < -0.39 is 0 Å². The molecule has 1 heterocycles. The van der Waals surface area contributed by atoms with E-state index in [1.165, 1.54) is 18.2 Å². The molecule has 24 heavy (non-hydrogen) atoms. The minimum Gasteiger partial charge on any atom is -0.508 e. The Bertz CT molecular complexity index is 807. The Balaban J connectivity index is 2.10. The molecule has 0 atom stereocenters. The van der Waals surface area contributed by atoms with Gasteiger partial charge in [-0.05, 0) is 43.9 Å². The quantitative estimate of drug-likeness (QED) is 0.618. The Hall–Kier alpha value is -2.85. The Kier molecular flexibility index (Phi) is 4.23. The lowest BCUT2D eigenvalue weighted by Gasteiger charge is -2.26. The minimum atomic E-state index is -0.0616. The number of rotatable bonds is 2. The van der Waals surface area contributed by atoms with Crippen LogP contribution in [0.3, 0.4) is 0 Å². The lowest BCUT2D eigenvalue weighted by atomic mass is 9.83. The number of hydrogen-bond donors (Lipinski definition) is 4. The Labute approximate surface area is 139 Å². The zero-order chi connectivity index (χ0) is 17.3. The first-order valence-electron chi connectivity index (χ1n) is 7.85. The van der Waals surface area contributed by atoms with Crippen LogP contribution in [0.2, 0.25) is 0 Å². The van der Waals surface area contributed by atoms with E-state index in [1.54, 1.807) is 0 Å². The molecular formula is C17H19N5O2. The fourth-order valence-corrected chi connectivity index (χ4v) is 3.12. The van der Waals surface area contributed by atoms with E-state index in [-0.39, 0.29) is 46.2 Å². The number of benzene rings is 1. The third-order valence-corrected chi connectivity index (χ3v) is 4.46. The second kappa shape index (κ2) is 6.34. The predicted molar refractivity (Wildman–Crippen MR) is 89.1 cm³/mol. The standard InChI is InChI=1S/C17H19N5O2/c18-8-13-15(9-1-3-10(19)4-2-9)21-17(22-16(13)20)12-7-11(23)5-6-14(12)24/h5-7,9-10,23-24H,1-4,19H2,(H2,20,21,22). The lowest BCUT2D eigenvalue weighted by molar-refractivity contribution is 0.390. The molecule has 6 N–H and O–H groups in total. The molecule has 0 amide bonds. The summed E-state index contributed by atoms with van der Waals surface area (Å²) in [4.78, 5) is 8.63. The molecule has 1 aromatic heterocycles. The van der Waals surface area contributed by atoms with Crippen LogP contribution in [0.15, 0.2) is 18.2 Å². The number of nitrogens with zero attached hydrogens (tertiary/aromatic N) is 3. The van der Waals surface area contributed by atoms with Crippen LogP contribution in [0.1, 0.15) is 42.9 Å². The molecule has 1 fully saturated rings. The number of aromatic hydroxyl groups is 2. The predicted octanol–water partition coefficient (Wildman–Crippen LogP) is 1.99. The molecule has 0 radical (unpaired) electrons. The van der Waals surface area contributed by atoms with Crippen molar-refractivity contribution in [3.8, 4) is 29.0 Å². The van der Waals surface area contributed by atoms with Crippen LogP contribution >= 0.6 is 0 Å². The molecular weight excluding hydrogens is 306 g/mol. The molecule has 0 spiro atoms. The summed E-state index contributed by atoms with van der Waals surface area (Å²) in [5.41, 5.74) is 13.0. The number of aromatic nitrogens is 2. The van der Waals surface area contributed by atoms with Gasteiger partial charge in [0.05, 0.1) is 11.3 Å². The summed E-state index contributed by atoms with van der Waals surface area (Å²) in [7, 11) is 0. The fraction of sp³-hybridized carbons (Fsp3) is 0.353. The second-order valence-electron chi connectivity index (χ2n) is 6.12. The molecule has 1 aromatic carbocycles. The smallest absolute Gasteiger partial charge is 0.165 e. The van der Waals surface area contributed by atoms with Crippen LogP contribution in [-0.2, 0) is 0 Å². The molecule has 7 heteroatoms. The van der Waals surface area contributed by atoms with Crippen molar-refractivity contribution in [3.05, 3.63) is 29.5 Å². The van der Waals surface area contributed by atoms with Crippen molar-refractivity contribution in [2.75, 3.05) is 5.73 Å². The van der Waals surface area contributed by atoms with E-state index in [0.717, 1.165) is 25.7 Å². The maximum Gasteiger partial charge on any atom is 0.165 e. The summed E-state index contributed by atoms with van der Waals surface area (Å²) in [5.74, 6) is 0.288. The highest BCUT2D eigenvalue weighted by molar-refractivity contribution is 5.68. The SMILES string of the molecule is N#Cc1c(N)nc(-c2cc(O)ccc2O)nc1C1CCC(N)CC1. The van der Waals surface area contributed by atoms with E-state index in [0.29, 0.717) is 5.69 Å². The minimum absolute atomic E-state index is 0.0143. The van der Waals surface area contributed by atoms with Gasteiger partial charge in [0, 0.05) is 12.0 Å². The summed E-state index contributed by atoms with van der Waals surface area (Å²) >= 11 is 0. The topological polar surface area (TPSA) is 142 Å². The van der Waals surface area contributed by atoms with Crippen LogP contribution in [0.4, 0.5) is 5.82 Å². The summed E-state index contributed by atoms with van der Waals surface area (Å²) in [6.45, 7) is 0. The van der Waals surface area contributed by atoms with Gasteiger partial charge >= 0.3 is 0 Å². The third-order valence-electron chi connectivity index (χ3n) is 4.46. The van der Waals surface area contributed by atoms with Crippen molar-refractivity contribution < 1.29 is 10.2 Å². The van der Waals surface area contributed by atoms with Gasteiger partial charge in [0.2, 0.25) is 0 Å². The maximum absolute atomic E-state index is 10.0. The number of nitrogen functional groups attached to an aromatic ring is 1. The summed E-state index contributed by atoms with van der Waals surface area (Å²) in [6, 6.07) is 6.37. The first-order chi connectivity index (χ1) is 11.5. The van der Waals surface area contributed by atoms with E-state index in [2.05, 4.69) is 16.0 Å². The van der Waals surface area contributed by atoms with Gasteiger partial charge in [-0.15, -0.1) is 0 Å². The van der Waals surface area contributed by atoms with Gasteiger partial charge in [-0.2, -0.15) is 5.26 Å². The van der Waals surface area contributed by atoms with Crippen LogP contribution < -0.4 is 11.5 Å². The Morgan fingerprint density at radius 3 is 2.50 bits per heavy atom. The van der Waals surface area contributed by atoms with E-state index in [4.69, 9.17) is 11.5 Å². The zero-order valence-corrected chi connectivity index (χ0v) is 13.1. The van der Waals surface area contributed by atoms with Crippen LogP contribution in [0.5, 0.6) is 11.5 Å². The average molecular weight is 325 g/mol. The molecule has 124 valence electrons. The summed E-state index contributed by atoms with van der Waals surface area (Å²) < 4.78 is 0. The largest absolute Gasteiger partial charge is 0.508 e. The number of nitrogens with two attached hydrogens (primary N) is 2. The van der Waals surface area contributed by atoms with Crippen molar-refractivity contribution in [1.29, 1.82) is 5.26 Å². The zero-order valence-electron chi connectivity index (χ0n) is 13.1.